The molecule has 5 fully saturated rings. The fraction of sp³-hybridized carbons (Fsp3) is 0.941. The SMILES string of the molecule is C=C(C)[C@@H]1CC[C@]2(C)CC[C@@H]3[C@H](CC[C@H]4[C@@]3(C)CC[C@H]3C(C)(C)[C@@H](OC(=O)CCCCCCCCCCCCCCCCCCCCC)CC[C@]43C)[C@H]12. The number of unbranched alkanes of at least 4 members (excludes halogenated alkanes) is 18. The number of allylic oxidation sites excluding steroid dienone is 1. The number of esters is 1. The van der Waals surface area contributed by atoms with Gasteiger partial charge in [-0.1, -0.05) is 169 Å². The molecule has 5 saturated carbocycles. The molecule has 0 aromatic rings. The first kappa shape index (κ1) is 43.3. The Morgan fingerprint density at radius 3 is 1.64 bits per heavy atom. The molecule has 0 N–H and O–H groups in total. The van der Waals surface area contributed by atoms with Crippen molar-refractivity contribution in [2.75, 3.05) is 0 Å². The van der Waals surface area contributed by atoms with E-state index in [2.05, 4.69) is 55.0 Å². The number of fused-ring (bicyclic) bond motifs is 7. The van der Waals surface area contributed by atoms with Crippen LogP contribution in [0.25, 0.3) is 0 Å². The molecule has 2 nitrogen and oxygen atoms in total. The van der Waals surface area contributed by atoms with Crippen molar-refractivity contribution in [1.29, 1.82) is 0 Å². The van der Waals surface area contributed by atoms with Crippen molar-refractivity contribution in [2.24, 2.45) is 57.2 Å². The Morgan fingerprint density at radius 1 is 0.585 bits per heavy atom. The molecule has 0 spiro atoms. The molecule has 0 aliphatic heterocycles. The molecule has 5 aliphatic carbocycles. The molecule has 0 heterocycles. The van der Waals surface area contributed by atoms with Gasteiger partial charge in [-0.05, 0) is 129 Å². The van der Waals surface area contributed by atoms with Gasteiger partial charge in [0.05, 0.1) is 0 Å². The van der Waals surface area contributed by atoms with Gasteiger partial charge in [-0.3, -0.25) is 4.79 Å². The summed E-state index contributed by atoms with van der Waals surface area (Å²) in [5.74, 6) is 4.93. The van der Waals surface area contributed by atoms with Crippen LogP contribution >= 0.6 is 0 Å². The summed E-state index contributed by atoms with van der Waals surface area (Å²) in [6, 6.07) is 0. The number of ether oxygens (including phenoxy) is 1. The summed E-state index contributed by atoms with van der Waals surface area (Å²) in [5.41, 5.74) is 2.89. The van der Waals surface area contributed by atoms with Crippen LogP contribution in [0.4, 0.5) is 0 Å². The molecular formula is C51H90O2. The number of hydrogen-bond donors (Lipinski definition) is 0. The second kappa shape index (κ2) is 19.6. The highest BCUT2D eigenvalue weighted by atomic mass is 16.5. The Bertz CT molecular complexity index is 1140. The molecule has 0 amide bonds. The van der Waals surface area contributed by atoms with Crippen molar-refractivity contribution in [1.82, 2.24) is 0 Å². The fourth-order valence-corrected chi connectivity index (χ4v) is 14.9. The van der Waals surface area contributed by atoms with Crippen LogP contribution in [0.5, 0.6) is 0 Å². The Balaban J connectivity index is 0.961. The van der Waals surface area contributed by atoms with Gasteiger partial charge < -0.3 is 4.74 Å². The quantitative estimate of drug-likeness (QED) is 0.0629. The van der Waals surface area contributed by atoms with Crippen LogP contribution in [-0.4, -0.2) is 12.1 Å². The Hall–Kier alpha value is -0.790. The third kappa shape index (κ3) is 10.0. The molecule has 0 aromatic heterocycles. The van der Waals surface area contributed by atoms with Crippen LogP contribution in [0.3, 0.4) is 0 Å². The third-order valence-electron chi connectivity index (χ3n) is 17.8. The summed E-state index contributed by atoms with van der Waals surface area (Å²) >= 11 is 0. The largest absolute Gasteiger partial charge is 0.462 e. The average molecular weight is 735 g/mol. The van der Waals surface area contributed by atoms with Crippen molar-refractivity contribution in [3.8, 4) is 0 Å². The number of carbonyl (C=O) groups excluding carboxylic acids is 1. The van der Waals surface area contributed by atoms with Crippen molar-refractivity contribution in [3.05, 3.63) is 12.2 Å². The maximum Gasteiger partial charge on any atom is 0.306 e. The highest BCUT2D eigenvalue weighted by Crippen LogP contribution is 2.73. The lowest BCUT2D eigenvalue weighted by Gasteiger charge is -2.69. The maximum atomic E-state index is 13.2. The van der Waals surface area contributed by atoms with E-state index in [1.165, 1.54) is 179 Å². The van der Waals surface area contributed by atoms with Crippen LogP contribution in [0.15, 0.2) is 12.2 Å². The zero-order valence-electron chi connectivity index (χ0n) is 36.8. The van der Waals surface area contributed by atoms with Gasteiger partial charge in [-0.25, -0.2) is 0 Å². The van der Waals surface area contributed by atoms with Gasteiger partial charge in [0, 0.05) is 11.8 Å². The van der Waals surface area contributed by atoms with Crippen molar-refractivity contribution in [2.45, 2.75) is 247 Å². The first-order valence-corrected chi connectivity index (χ1v) is 24.2. The number of carbonyl (C=O) groups is 1. The van der Waals surface area contributed by atoms with Crippen molar-refractivity contribution < 1.29 is 9.53 Å². The summed E-state index contributed by atoms with van der Waals surface area (Å²) < 4.78 is 6.43. The molecule has 306 valence electrons. The second-order valence-corrected chi connectivity index (χ2v) is 21.7. The van der Waals surface area contributed by atoms with E-state index in [9.17, 15) is 4.79 Å². The van der Waals surface area contributed by atoms with Crippen molar-refractivity contribution in [3.63, 3.8) is 0 Å². The minimum absolute atomic E-state index is 0.0516. The van der Waals surface area contributed by atoms with E-state index in [1.54, 1.807) is 0 Å². The molecular weight excluding hydrogens is 645 g/mol. The number of hydrogen-bond acceptors (Lipinski definition) is 2. The van der Waals surface area contributed by atoms with Gasteiger partial charge in [0.2, 0.25) is 0 Å². The zero-order chi connectivity index (χ0) is 38.1. The molecule has 0 unspecified atom stereocenters. The predicted octanol–water partition coefficient (Wildman–Crippen LogP) is 16.0. The monoisotopic (exact) mass is 735 g/mol. The average Bonchev–Trinajstić information content (AvgIpc) is 3.48. The van der Waals surface area contributed by atoms with Gasteiger partial charge in [-0.15, -0.1) is 0 Å². The van der Waals surface area contributed by atoms with Gasteiger partial charge in [0.25, 0.3) is 0 Å². The smallest absolute Gasteiger partial charge is 0.306 e. The Kier molecular flexibility index (Phi) is 16.0. The van der Waals surface area contributed by atoms with Gasteiger partial charge in [-0.2, -0.15) is 0 Å². The highest BCUT2D eigenvalue weighted by Gasteiger charge is 2.67. The topological polar surface area (TPSA) is 26.3 Å². The van der Waals surface area contributed by atoms with E-state index in [1.807, 2.05) is 0 Å². The van der Waals surface area contributed by atoms with Crippen LogP contribution in [-0.2, 0) is 9.53 Å². The number of rotatable bonds is 22. The first-order chi connectivity index (χ1) is 25.4. The molecule has 5 rings (SSSR count). The Morgan fingerprint density at radius 2 is 1.09 bits per heavy atom. The molecule has 0 saturated heterocycles. The molecule has 5 aliphatic rings. The highest BCUT2D eigenvalue weighted by molar-refractivity contribution is 5.69. The summed E-state index contributed by atoms with van der Waals surface area (Å²) in [5, 5.41) is 0. The van der Waals surface area contributed by atoms with E-state index in [4.69, 9.17) is 4.74 Å². The molecule has 2 heteroatoms. The molecule has 0 bridgehead atoms. The summed E-state index contributed by atoms with van der Waals surface area (Å²) in [6.07, 6.45) is 40.5. The zero-order valence-corrected chi connectivity index (χ0v) is 36.8. The lowest BCUT2D eigenvalue weighted by Crippen LogP contribution is -2.63. The molecule has 0 radical (unpaired) electrons. The minimum Gasteiger partial charge on any atom is -0.462 e. The first-order valence-electron chi connectivity index (χ1n) is 24.2. The third-order valence-corrected chi connectivity index (χ3v) is 17.8. The van der Waals surface area contributed by atoms with Gasteiger partial charge >= 0.3 is 5.97 Å². The second-order valence-electron chi connectivity index (χ2n) is 21.7. The molecule has 0 aromatic carbocycles. The van der Waals surface area contributed by atoms with E-state index < -0.39 is 0 Å². The van der Waals surface area contributed by atoms with E-state index >= 15 is 0 Å². The summed E-state index contributed by atoms with van der Waals surface area (Å²) in [6.45, 7) is 22.2. The molecule has 53 heavy (non-hydrogen) atoms. The van der Waals surface area contributed by atoms with Gasteiger partial charge in [0.1, 0.15) is 6.10 Å². The van der Waals surface area contributed by atoms with Gasteiger partial charge in [0.15, 0.2) is 0 Å². The Labute approximate surface area is 331 Å². The lowest BCUT2D eigenvalue weighted by atomic mass is 9.36. The van der Waals surface area contributed by atoms with Crippen molar-refractivity contribution >= 4 is 5.97 Å². The van der Waals surface area contributed by atoms with Crippen LogP contribution in [0, 0.1) is 57.2 Å². The lowest BCUT2D eigenvalue weighted by molar-refractivity contribution is -0.222. The summed E-state index contributed by atoms with van der Waals surface area (Å²) in [7, 11) is 0. The van der Waals surface area contributed by atoms with Crippen LogP contribution < -0.4 is 0 Å². The normalized spacial score (nSPS) is 37.3. The standard InChI is InChI=1S/C51H90O2/c1-9-10-11-12-13-14-15-16-17-18-19-20-21-22-23-24-25-26-27-28-46(52)53-45-34-38-51(8)43(48(45,4)5)33-37-50(7)42-32-36-49(6)35-31-40(39(2)3)47(49)41(42)29-30-44(50)51/h40-45,47H,2,9-38H2,1,3-8H3/t40-,41-,42+,43-,44-,45-,47-,49+,50-,51-/m0/s1. The fourth-order valence-electron chi connectivity index (χ4n) is 14.9. The van der Waals surface area contributed by atoms with E-state index in [0.717, 1.165) is 42.4 Å². The van der Waals surface area contributed by atoms with Crippen LogP contribution in [0.2, 0.25) is 0 Å². The minimum atomic E-state index is 0.0516. The predicted molar refractivity (Wildman–Crippen MR) is 228 cm³/mol. The molecule has 10 atom stereocenters. The van der Waals surface area contributed by atoms with E-state index in [0.29, 0.717) is 28.6 Å². The maximum absolute atomic E-state index is 13.2. The summed E-state index contributed by atoms with van der Waals surface area (Å²) in [4.78, 5) is 13.2. The van der Waals surface area contributed by atoms with Crippen LogP contribution in [0.1, 0.15) is 241 Å². The van der Waals surface area contributed by atoms with E-state index in [-0.39, 0.29) is 17.5 Å².